The maximum atomic E-state index is 11.5. The molecule has 0 atom stereocenters. The minimum atomic E-state index is 0.192. The minimum Gasteiger partial charge on any atom is -0.377 e. The zero-order valence-corrected chi connectivity index (χ0v) is 10.4. The quantitative estimate of drug-likeness (QED) is 0.612. The summed E-state index contributed by atoms with van der Waals surface area (Å²) in [5.74, 6) is 0.192. The van der Waals surface area contributed by atoms with E-state index in [2.05, 4.69) is 5.32 Å². The lowest BCUT2D eigenvalue weighted by Gasteiger charge is -2.18. The van der Waals surface area contributed by atoms with Crippen LogP contribution in [-0.4, -0.2) is 50.7 Å². The first-order valence-electron chi connectivity index (χ1n) is 5.58. The molecule has 0 heterocycles. The van der Waals surface area contributed by atoms with Crippen LogP contribution in [0.1, 0.15) is 26.7 Å². The molecule has 0 saturated carbocycles. The van der Waals surface area contributed by atoms with E-state index in [-0.39, 0.29) is 12.0 Å². The van der Waals surface area contributed by atoms with Crippen molar-refractivity contribution in [2.45, 2.75) is 32.8 Å². The number of carbonyl (C=O) groups excluding carboxylic acids is 1. The monoisotopic (exact) mass is 216 g/mol. The number of nitrogens with one attached hydrogen (secondary N) is 1. The normalized spacial score (nSPS) is 10.7. The summed E-state index contributed by atoms with van der Waals surface area (Å²) in [6, 6.07) is 0. The van der Waals surface area contributed by atoms with E-state index in [0.29, 0.717) is 19.6 Å². The summed E-state index contributed by atoms with van der Waals surface area (Å²) in [6.07, 6.45) is 1.74. The Kier molecular flexibility index (Phi) is 8.33. The van der Waals surface area contributed by atoms with E-state index in [1.165, 1.54) is 0 Å². The van der Waals surface area contributed by atoms with Gasteiger partial charge in [-0.3, -0.25) is 4.79 Å². The van der Waals surface area contributed by atoms with Gasteiger partial charge in [0.15, 0.2) is 0 Å². The number of amides is 1. The smallest absolute Gasteiger partial charge is 0.222 e. The number of ether oxygens (including phenoxy) is 1. The van der Waals surface area contributed by atoms with E-state index in [0.717, 1.165) is 13.0 Å². The summed E-state index contributed by atoms with van der Waals surface area (Å²) in [6.45, 7) is 6.17. The van der Waals surface area contributed by atoms with Crippen LogP contribution in [0.3, 0.4) is 0 Å². The Morgan fingerprint density at radius 2 is 2.13 bits per heavy atom. The lowest BCUT2D eigenvalue weighted by molar-refractivity contribution is -0.130. The zero-order valence-electron chi connectivity index (χ0n) is 10.4. The van der Waals surface area contributed by atoms with Gasteiger partial charge in [0.2, 0.25) is 5.91 Å². The molecular weight excluding hydrogens is 192 g/mol. The van der Waals surface area contributed by atoms with E-state index in [4.69, 9.17) is 4.74 Å². The largest absolute Gasteiger partial charge is 0.377 e. The Hall–Kier alpha value is -0.610. The highest BCUT2D eigenvalue weighted by Crippen LogP contribution is 1.95. The molecule has 0 fully saturated rings. The minimum absolute atomic E-state index is 0.192. The van der Waals surface area contributed by atoms with E-state index in [1.807, 2.05) is 27.9 Å². The highest BCUT2D eigenvalue weighted by atomic mass is 16.5. The Morgan fingerprint density at radius 1 is 1.47 bits per heavy atom. The third-order valence-corrected chi connectivity index (χ3v) is 2.12. The molecule has 0 aromatic heterocycles. The highest BCUT2D eigenvalue weighted by Gasteiger charge is 2.07. The topological polar surface area (TPSA) is 41.6 Å². The fraction of sp³-hybridized carbons (Fsp3) is 0.909. The molecule has 0 aliphatic carbocycles. The van der Waals surface area contributed by atoms with E-state index >= 15 is 0 Å². The summed E-state index contributed by atoms with van der Waals surface area (Å²) in [5.41, 5.74) is 0. The van der Waals surface area contributed by atoms with Gasteiger partial charge in [-0.25, -0.2) is 0 Å². The van der Waals surface area contributed by atoms with E-state index in [1.54, 1.807) is 4.90 Å². The molecule has 0 aliphatic heterocycles. The van der Waals surface area contributed by atoms with Crippen LogP contribution in [0.25, 0.3) is 0 Å². The molecule has 0 aliphatic rings. The number of rotatable bonds is 8. The molecule has 90 valence electrons. The van der Waals surface area contributed by atoms with Crippen molar-refractivity contribution in [3.63, 3.8) is 0 Å². The zero-order chi connectivity index (χ0) is 11.7. The summed E-state index contributed by atoms with van der Waals surface area (Å²) in [7, 11) is 3.72. The van der Waals surface area contributed by atoms with Crippen molar-refractivity contribution in [1.82, 2.24) is 10.2 Å². The van der Waals surface area contributed by atoms with Crippen LogP contribution in [0.5, 0.6) is 0 Å². The third kappa shape index (κ3) is 8.39. The molecule has 0 aromatic carbocycles. The van der Waals surface area contributed by atoms with Gasteiger partial charge >= 0.3 is 0 Å². The lowest BCUT2D eigenvalue weighted by Crippen LogP contribution is -2.31. The molecule has 4 heteroatoms. The number of hydrogen-bond acceptors (Lipinski definition) is 3. The van der Waals surface area contributed by atoms with E-state index < -0.39 is 0 Å². The second-order valence-corrected chi connectivity index (χ2v) is 3.94. The van der Waals surface area contributed by atoms with Gasteiger partial charge in [0.1, 0.15) is 0 Å². The van der Waals surface area contributed by atoms with Crippen molar-refractivity contribution in [3.05, 3.63) is 0 Å². The number of likely N-dealkylation sites (N-methyl/N-ethyl adjacent to an activating group) is 1. The van der Waals surface area contributed by atoms with Gasteiger partial charge in [-0.05, 0) is 33.9 Å². The summed E-state index contributed by atoms with van der Waals surface area (Å²) in [5, 5.41) is 3.02. The van der Waals surface area contributed by atoms with Crippen LogP contribution in [0, 0.1) is 0 Å². The van der Waals surface area contributed by atoms with Crippen LogP contribution in [0.2, 0.25) is 0 Å². The molecule has 4 nitrogen and oxygen atoms in total. The molecule has 1 N–H and O–H groups in total. The lowest BCUT2D eigenvalue weighted by atomic mass is 10.3. The first-order valence-corrected chi connectivity index (χ1v) is 5.58. The van der Waals surface area contributed by atoms with Crippen molar-refractivity contribution in [2.24, 2.45) is 0 Å². The summed E-state index contributed by atoms with van der Waals surface area (Å²) >= 11 is 0. The summed E-state index contributed by atoms with van der Waals surface area (Å²) < 4.78 is 5.38. The fourth-order valence-corrected chi connectivity index (χ4v) is 1.16. The Bertz CT molecular complexity index is 172. The molecule has 0 radical (unpaired) electrons. The standard InChI is InChI=1S/C11H24N2O2/c1-10(2)15-9-8-13(4)11(14)6-5-7-12-3/h10,12H,5-9H2,1-4H3. The van der Waals surface area contributed by atoms with Gasteiger partial charge in [-0.15, -0.1) is 0 Å². The average Bonchev–Trinajstić information content (AvgIpc) is 2.17. The summed E-state index contributed by atoms with van der Waals surface area (Å²) in [4.78, 5) is 13.3. The average molecular weight is 216 g/mol. The Labute approximate surface area is 93.0 Å². The van der Waals surface area contributed by atoms with Crippen LogP contribution in [0.15, 0.2) is 0 Å². The molecule has 0 bridgehead atoms. The molecule has 15 heavy (non-hydrogen) atoms. The maximum absolute atomic E-state index is 11.5. The van der Waals surface area contributed by atoms with Gasteiger partial charge in [0.25, 0.3) is 0 Å². The van der Waals surface area contributed by atoms with Crippen molar-refractivity contribution in [1.29, 1.82) is 0 Å². The van der Waals surface area contributed by atoms with Gasteiger partial charge in [-0.2, -0.15) is 0 Å². The van der Waals surface area contributed by atoms with E-state index in [9.17, 15) is 4.79 Å². The Morgan fingerprint density at radius 3 is 2.67 bits per heavy atom. The van der Waals surface area contributed by atoms with Crippen LogP contribution >= 0.6 is 0 Å². The predicted molar refractivity (Wildman–Crippen MR) is 61.9 cm³/mol. The van der Waals surface area contributed by atoms with Gasteiger partial charge in [0, 0.05) is 20.0 Å². The van der Waals surface area contributed by atoms with Crippen molar-refractivity contribution in [2.75, 3.05) is 33.8 Å². The number of hydrogen-bond donors (Lipinski definition) is 1. The first-order chi connectivity index (χ1) is 7.07. The van der Waals surface area contributed by atoms with Crippen LogP contribution in [-0.2, 0) is 9.53 Å². The fourth-order valence-electron chi connectivity index (χ4n) is 1.16. The highest BCUT2D eigenvalue weighted by molar-refractivity contribution is 5.75. The van der Waals surface area contributed by atoms with Gasteiger partial charge in [-0.1, -0.05) is 0 Å². The molecular formula is C11H24N2O2. The van der Waals surface area contributed by atoms with Crippen molar-refractivity contribution in [3.8, 4) is 0 Å². The van der Waals surface area contributed by atoms with Crippen molar-refractivity contribution < 1.29 is 9.53 Å². The van der Waals surface area contributed by atoms with Crippen LogP contribution in [0.4, 0.5) is 0 Å². The second-order valence-electron chi connectivity index (χ2n) is 3.94. The molecule has 0 spiro atoms. The number of nitrogens with zero attached hydrogens (tertiary/aromatic N) is 1. The molecule has 0 unspecified atom stereocenters. The third-order valence-electron chi connectivity index (χ3n) is 2.12. The molecule has 1 amide bonds. The van der Waals surface area contributed by atoms with Crippen molar-refractivity contribution >= 4 is 5.91 Å². The molecule has 0 aromatic rings. The number of carbonyl (C=O) groups is 1. The Balaban J connectivity index is 3.51. The van der Waals surface area contributed by atoms with Gasteiger partial charge < -0.3 is 15.0 Å². The maximum Gasteiger partial charge on any atom is 0.222 e. The molecule has 0 rings (SSSR count). The predicted octanol–water partition coefficient (Wildman–Crippen LogP) is 0.869. The first kappa shape index (κ1) is 14.4. The SMILES string of the molecule is CNCCCC(=O)N(C)CCOC(C)C. The van der Waals surface area contributed by atoms with Gasteiger partial charge in [0.05, 0.1) is 12.7 Å². The second kappa shape index (κ2) is 8.68. The molecule has 0 saturated heterocycles. The van der Waals surface area contributed by atoms with Crippen LogP contribution < -0.4 is 5.32 Å².